The van der Waals surface area contributed by atoms with Crippen molar-refractivity contribution in [2.45, 2.75) is 18.3 Å². The molecule has 0 unspecified atom stereocenters. The minimum Gasteiger partial charge on any atom is -0.481 e. The molecule has 2 aromatic rings. The second-order valence-electron chi connectivity index (χ2n) is 4.41. The molecule has 0 spiro atoms. The molecule has 1 saturated carbocycles. The van der Waals surface area contributed by atoms with Crippen molar-refractivity contribution in [1.82, 2.24) is 0 Å². The van der Waals surface area contributed by atoms with Crippen LogP contribution in [-0.2, 0) is 10.2 Å². The minimum absolute atomic E-state index is 0.610. The Kier molecular flexibility index (Phi) is 1.81. The van der Waals surface area contributed by atoms with Gasteiger partial charge in [-0.15, -0.1) is 0 Å². The van der Waals surface area contributed by atoms with Crippen molar-refractivity contribution in [2.24, 2.45) is 0 Å². The zero-order chi connectivity index (χ0) is 11.2. The molecule has 80 valence electrons. The van der Waals surface area contributed by atoms with Gasteiger partial charge in [0.25, 0.3) is 0 Å². The van der Waals surface area contributed by atoms with Gasteiger partial charge in [0.05, 0.1) is 5.41 Å². The lowest BCUT2D eigenvalue weighted by Crippen LogP contribution is -2.19. The molecule has 1 N–H and O–H groups in total. The lowest BCUT2D eigenvalue weighted by molar-refractivity contribution is -0.139. The van der Waals surface area contributed by atoms with Crippen molar-refractivity contribution in [1.29, 1.82) is 0 Å². The average molecular weight is 212 g/mol. The second kappa shape index (κ2) is 3.08. The Bertz CT molecular complexity index is 562. The highest BCUT2D eigenvalue weighted by Crippen LogP contribution is 2.50. The monoisotopic (exact) mass is 212 g/mol. The maximum Gasteiger partial charge on any atom is 0.314 e. The molecule has 1 fully saturated rings. The van der Waals surface area contributed by atoms with E-state index in [0.717, 1.165) is 29.2 Å². The number of aliphatic carboxylic acids is 1. The first-order valence-electron chi connectivity index (χ1n) is 5.46. The summed E-state index contributed by atoms with van der Waals surface area (Å²) in [6, 6.07) is 13.9. The van der Waals surface area contributed by atoms with Crippen molar-refractivity contribution < 1.29 is 9.90 Å². The number of carboxylic acids is 1. The van der Waals surface area contributed by atoms with Crippen LogP contribution in [0, 0.1) is 0 Å². The van der Waals surface area contributed by atoms with Gasteiger partial charge in [-0.2, -0.15) is 0 Å². The quantitative estimate of drug-likeness (QED) is 0.831. The van der Waals surface area contributed by atoms with Crippen molar-refractivity contribution in [2.75, 3.05) is 0 Å². The fourth-order valence-electron chi connectivity index (χ4n) is 2.37. The first kappa shape index (κ1) is 9.40. The van der Waals surface area contributed by atoms with Gasteiger partial charge in [0.2, 0.25) is 0 Å². The molecule has 16 heavy (non-hydrogen) atoms. The van der Waals surface area contributed by atoms with E-state index < -0.39 is 11.4 Å². The molecule has 0 amide bonds. The zero-order valence-corrected chi connectivity index (χ0v) is 8.81. The largest absolute Gasteiger partial charge is 0.481 e. The summed E-state index contributed by atoms with van der Waals surface area (Å²) in [6.45, 7) is 0. The zero-order valence-electron chi connectivity index (χ0n) is 8.81. The van der Waals surface area contributed by atoms with Gasteiger partial charge in [-0.05, 0) is 29.2 Å². The number of hydrogen-bond acceptors (Lipinski definition) is 1. The van der Waals surface area contributed by atoms with E-state index in [4.69, 9.17) is 0 Å². The number of carbonyl (C=O) groups is 1. The van der Waals surface area contributed by atoms with Crippen LogP contribution in [0.5, 0.6) is 0 Å². The molecule has 2 heteroatoms. The molecular formula is C14H12O2. The van der Waals surface area contributed by atoms with Crippen molar-refractivity contribution >= 4 is 16.7 Å². The first-order valence-corrected chi connectivity index (χ1v) is 5.46. The van der Waals surface area contributed by atoms with E-state index >= 15 is 0 Å². The number of hydrogen-bond donors (Lipinski definition) is 1. The smallest absolute Gasteiger partial charge is 0.314 e. The molecule has 0 radical (unpaired) electrons. The first-order chi connectivity index (χ1) is 7.74. The Morgan fingerprint density at radius 1 is 1.06 bits per heavy atom. The molecule has 2 aromatic carbocycles. The summed E-state index contributed by atoms with van der Waals surface area (Å²) in [4.78, 5) is 11.3. The highest BCUT2D eigenvalue weighted by atomic mass is 16.4. The van der Waals surface area contributed by atoms with Crippen LogP contribution in [0.1, 0.15) is 18.4 Å². The molecule has 0 atom stereocenters. The highest BCUT2D eigenvalue weighted by Gasteiger charge is 2.52. The third kappa shape index (κ3) is 1.16. The standard InChI is InChI=1S/C14H12O2/c15-13(16)14(8-9-14)12-7-3-5-10-4-1-2-6-11(10)12/h1-7H,8-9H2,(H,15,16). The van der Waals surface area contributed by atoms with Crippen LogP contribution in [0.2, 0.25) is 0 Å². The summed E-state index contributed by atoms with van der Waals surface area (Å²) in [5.41, 5.74) is 0.360. The van der Waals surface area contributed by atoms with E-state index in [1.54, 1.807) is 0 Å². The number of carboxylic acid groups (broad SMARTS) is 1. The molecular weight excluding hydrogens is 200 g/mol. The van der Waals surface area contributed by atoms with Gasteiger partial charge in [0, 0.05) is 0 Å². The van der Waals surface area contributed by atoms with Gasteiger partial charge in [-0.1, -0.05) is 42.5 Å². The minimum atomic E-state index is -0.691. The second-order valence-corrected chi connectivity index (χ2v) is 4.41. The third-order valence-electron chi connectivity index (χ3n) is 3.46. The molecule has 0 heterocycles. The molecule has 1 aliphatic carbocycles. The van der Waals surface area contributed by atoms with Gasteiger partial charge >= 0.3 is 5.97 Å². The number of benzene rings is 2. The maximum atomic E-state index is 11.3. The van der Waals surface area contributed by atoms with Gasteiger partial charge in [-0.25, -0.2) is 0 Å². The Hall–Kier alpha value is -1.83. The average Bonchev–Trinajstić information content (AvgIpc) is 3.09. The molecule has 1 aliphatic rings. The normalized spacial score (nSPS) is 17.2. The van der Waals surface area contributed by atoms with Crippen LogP contribution in [0.25, 0.3) is 10.8 Å². The number of fused-ring (bicyclic) bond motifs is 1. The topological polar surface area (TPSA) is 37.3 Å². The van der Waals surface area contributed by atoms with Gasteiger partial charge < -0.3 is 5.11 Å². The summed E-state index contributed by atoms with van der Waals surface area (Å²) < 4.78 is 0. The lowest BCUT2D eigenvalue weighted by atomic mass is 9.91. The van der Waals surface area contributed by atoms with Crippen molar-refractivity contribution in [3.8, 4) is 0 Å². The SMILES string of the molecule is O=C(O)C1(c2cccc3ccccc23)CC1. The van der Waals surface area contributed by atoms with Gasteiger partial charge in [0.1, 0.15) is 0 Å². The predicted octanol–water partition coefficient (Wildman–Crippen LogP) is 2.96. The van der Waals surface area contributed by atoms with E-state index in [-0.39, 0.29) is 0 Å². The molecule has 0 bridgehead atoms. The Morgan fingerprint density at radius 3 is 2.44 bits per heavy atom. The van der Waals surface area contributed by atoms with Crippen molar-refractivity contribution in [3.05, 3.63) is 48.0 Å². The summed E-state index contributed by atoms with van der Waals surface area (Å²) in [7, 11) is 0. The van der Waals surface area contributed by atoms with Crippen LogP contribution in [-0.4, -0.2) is 11.1 Å². The van der Waals surface area contributed by atoms with Gasteiger partial charge in [-0.3, -0.25) is 4.79 Å². The Labute approximate surface area is 93.5 Å². The maximum absolute atomic E-state index is 11.3. The third-order valence-corrected chi connectivity index (χ3v) is 3.46. The lowest BCUT2D eigenvalue weighted by Gasteiger charge is -2.13. The molecule has 2 nitrogen and oxygen atoms in total. The summed E-state index contributed by atoms with van der Waals surface area (Å²) in [5.74, 6) is -0.691. The van der Waals surface area contributed by atoms with Crippen LogP contribution < -0.4 is 0 Å². The summed E-state index contributed by atoms with van der Waals surface area (Å²) in [5, 5.41) is 11.5. The molecule has 0 aromatic heterocycles. The fraction of sp³-hybridized carbons (Fsp3) is 0.214. The van der Waals surface area contributed by atoms with E-state index in [0.29, 0.717) is 0 Å². The van der Waals surface area contributed by atoms with Crippen LogP contribution in [0.15, 0.2) is 42.5 Å². The predicted molar refractivity (Wildman–Crippen MR) is 62.5 cm³/mol. The number of rotatable bonds is 2. The molecule has 0 saturated heterocycles. The van der Waals surface area contributed by atoms with E-state index in [2.05, 4.69) is 0 Å². The van der Waals surface area contributed by atoms with Crippen molar-refractivity contribution in [3.63, 3.8) is 0 Å². The summed E-state index contributed by atoms with van der Waals surface area (Å²) >= 11 is 0. The molecule has 3 rings (SSSR count). The van der Waals surface area contributed by atoms with E-state index in [1.165, 1.54) is 0 Å². The fourth-order valence-corrected chi connectivity index (χ4v) is 2.37. The van der Waals surface area contributed by atoms with Crippen LogP contribution in [0.4, 0.5) is 0 Å². The van der Waals surface area contributed by atoms with E-state index in [1.807, 2.05) is 42.5 Å². The van der Waals surface area contributed by atoms with Gasteiger partial charge in [0.15, 0.2) is 0 Å². The summed E-state index contributed by atoms with van der Waals surface area (Å²) in [6.07, 6.45) is 1.52. The Balaban J connectivity index is 2.29. The van der Waals surface area contributed by atoms with Crippen LogP contribution in [0.3, 0.4) is 0 Å². The Morgan fingerprint density at radius 2 is 1.75 bits per heavy atom. The van der Waals surface area contributed by atoms with Crippen LogP contribution >= 0.6 is 0 Å². The molecule has 0 aliphatic heterocycles. The van der Waals surface area contributed by atoms with E-state index in [9.17, 15) is 9.90 Å². The highest BCUT2D eigenvalue weighted by molar-refractivity contribution is 5.94.